The van der Waals surface area contributed by atoms with Gasteiger partial charge in [-0.25, -0.2) is 4.39 Å². The second kappa shape index (κ2) is 5.66. The van der Waals surface area contributed by atoms with Crippen LogP contribution in [0.25, 0.3) is 10.9 Å². The Kier molecular flexibility index (Phi) is 3.55. The van der Waals surface area contributed by atoms with E-state index in [4.69, 9.17) is 0 Å². The van der Waals surface area contributed by atoms with Crippen molar-refractivity contribution in [2.75, 3.05) is 0 Å². The average Bonchev–Trinajstić information content (AvgIpc) is 2.53. The lowest BCUT2D eigenvalue weighted by Crippen LogP contribution is -2.24. The fourth-order valence-corrected chi connectivity index (χ4v) is 1.97. The molecule has 3 aromatic rings. The Hall–Kier alpha value is -2.82. The number of hydrogen-bond donors (Lipinski definition) is 1. The Bertz CT molecular complexity index is 787. The molecule has 2 aromatic carbocycles. The third-order valence-electron chi connectivity index (χ3n) is 3.09. The van der Waals surface area contributed by atoms with Crippen molar-refractivity contribution >= 4 is 16.8 Å². The maximum absolute atomic E-state index is 12.8. The molecule has 1 aromatic heterocycles. The zero-order valence-electron chi connectivity index (χ0n) is 11.1. The lowest BCUT2D eigenvalue weighted by atomic mass is 10.2. The minimum absolute atomic E-state index is 0.260. The van der Waals surface area contributed by atoms with E-state index in [1.54, 1.807) is 18.2 Å². The van der Waals surface area contributed by atoms with Gasteiger partial charge >= 0.3 is 0 Å². The third kappa shape index (κ3) is 3.02. The van der Waals surface area contributed by atoms with Crippen molar-refractivity contribution in [1.82, 2.24) is 15.5 Å². The Morgan fingerprint density at radius 2 is 1.81 bits per heavy atom. The number of carbonyl (C=O) groups excluding carboxylic acids is 1. The number of benzene rings is 2. The van der Waals surface area contributed by atoms with Gasteiger partial charge in [-0.05, 0) is 29.8 Å². The zero-order valence-corrected chi connectivity index (χ0v) is 11.1. The van der Waals surface area contributed by atoms with Gasteiger partial charge in [-0.15, -0.1) is 10.2 Å². The molecular formula is C16H12FN3O. The van der Waals surface area contributed by atoms with Crippen LogP contribution in [0.3, 0.4) is 0 Å². The van der Waals surface area contributed by atoms with Crippen LogP contribution in [0.15, 0.2) is 54.6 Å². The van der Waals surface area contributed by atoms with E-state index in [-0.39, 0.29) is 17.4 Å². The molecule has 21 heavy (non-hydrogen) atoms. The van der Waals surface area contributed by atoms with Crippen LogP contribution in [0.2, 0.25) is 0 Å². The summed E-state index contributed by atoms with van der Waals surface area (Å²) in [5, 5.41) is 11.5. The summed E-state index contributed by atoms with van der Waals surface area (Å²) in [5.41, 5.74) is 1.82. The van der Waals surface area contributed by atoms with E-state index in [1.165, 1.54) is 12.1 Å². The summed E-state index contributed by atoms with van der Waals surface area (Å²) in [6, 6.07) is 15.1. The number of amides is 1. The second-order valence-electron chi connectivity index (χ2n) is 4.60. The highest BCUT2D eigenvalue weighted by molar-refractivity contribution is 5.95. The third-order valence-corrected chi connectivity index (χ3v) is 3.09. The summed E-state index contributed by atoms with van der Waals surface area (Å²) < 4.78 is 12.8. The number of halogens is 1. The number of aromatic nitrogens is 2. The van der Waals surface area contributed by atoms with Crippen molar-refractivity contribution in [3.8, 4) is 0 Å². The largest absolute Gasteiger partial charge is 0.347 e. The van der Waals surface area contributed by atoms with E-state index < -0.39 is 0 Å². The van der Waals surface area contributed by atoms with E-state index in [1.807, 2.05) is 24.3 Å². The molecule has 3 rings (SSSR count). The molecule has 0 radical (unpaired) electrons. The molecule has 1 amide bonds. The molecule has 0 fully saturated rings. The van der Waals surface area contributed by atoms with Gasteiger partial charge < -0.3 is 5.32 Å². The van der Waals surface area contributed by atoms with Gasteiger partial charge in [-0.2, -0.15) is 0 Å². The summed E-state index contributed by atoms with van der Waals surface area (Å²) in [6.45, 7) is 0.313. The quantitative estimate of drug-likeness (QED) is 0.803. The Morgan fingerprint density at radius 1 is 1.05 bits per heavy atom. The van der Waals surface area contributed by atoms with Crippen LogP contribution < -0.4 is 5.32 Å². The lowest BCUT2D eigenvalue weighted by Gasteiger charge is -2.05. The van der Waals surface area contributed by atoms with Crippen LogP contribution in [-0.2, 0) is 6.54 Å². The van der Waals surface area contributed by atoms with Crippen LogP contribution in [0.5, 0.6) is 0 Å². The van der Waals surface area contributed by atoms with Gasteiger partial charge in [0.05, 0.1) is 5.52 Å². The molecule has 104 valence electrons. The number of fused-ring (bicyclic) bond motifs is 1. The molecule has 0 unspecified atom stereocenters. The van der Waals surface area contributed by atoms with E-state index in [2.05, 4.69) is 15.5 Å². The van der Waals surface area contributed by atoms with Crippen molar-refractivity contribution in [2.45, 2.75) is 6.54 Å². The van der Waals surface area contributed by atoms with E-state index in [0.717, 1.165) is 16.5 Å². The summed E-state index contributed by atoms with van der Waals surface area (Å²) in [7, 11) is 0. The molecule has 0 atom stereocenters. The molecular weight excluding hydrogens is 269 g/mol. The van der Waals surface area contributed by atoms with Gasteiger partial charge in [0, 0.05) is 11.9 Å². The Labute approximate surface area is 120 Å². The number of nitrogens with zero attached hydrogens (tertiary/aromatic N) is 2. The number of nitrogens with one attached hydrogen (secondary N) is 1. The molecule has 0 bridgehead atoms. The van der Waals surface area contributed by atoms with Gasteiger partial charge in [0.25, 0.3) is 5.91 Å². The number of hydrogen-bond acceptors (Lipinski definition) is 3. The molecule has 0 spiro atoms. The van der Waals surface area contributed by atoms with Gasteiger partial charge in [0.15, 0.2) is 5.69 Å². The maximum Gasteiger partial charge on any atom is 0.272 e. The average molecular weight is 281 g/mol. The van der Waals surface area contributed by atoms with E-state index >= 15 is 0 Å². The Balaban J connectivity index is 1.73. The van der Waals surface area contributed by atoms with Crippen molar-refractivity contribution in [3.05, 3.63) is 71.7 Å². The first kappa shape index (κ1) is 13.2. The van der Waals surface area contributed by atoms with Gasteiger partial charge in [-0.3, -0.25) is 4.79 Å². The molecule has 4 nitrogen and oxygen atoms in total. The van der Waals surface area contributed by atoms with E-state index in [9.17, 15) is 9.18 Å². The fourth-order valence-electron chi connectivity index (χ4n) is 1.97. The van der Waals surface area contributed by atoms with Crippen molar-refractivity contribution in [2.24, 2.45) is 0 Å². The normalized spacial score (nSPS) is 10.5. The van der Waals surface area contributed by atoms with Crippen molar-refractivity contribution < 1.29 is 9.18 Å². The van der Waals surface area contributed by atoms with Crippen molar-refractivity contribution in [1.29, 1.82) is 0 Å². The molecule has 0 aliphatic heterocycles. The molecule has 0 aliphatic rings. The highest BCUT2D eigenvalue weighted by Crippen LogP contribution is 2.10. The van der Waals surface area contributed by atoms with Crippen LogP contribution in [0.4, 0.5) is 4.39 Å². The summed E-state index contributed by atoms with van der Waals surface area (Å²) in [4.78, 5) is 12.0. The molecule has 5 heteroatoms. The fraction of sp³-hybridized carbons (Fsp3) is 0.0625. The second-order valence-corrected chi connectivity index (χ2v) is 4.60. The summed E-state index contributed by atoms with van der Waals surface area (Å²) >= 11 is 0. The smallest absolute Gasteiger partial charge is 0.272 e. The minimum Gasteiger partial charge on any atom is -0.347 e. The number of rotatable bonds is 3. The van der Waals surface area contributed by atoms with Gasteiger partial charge in [0.2, 0.25) is 0 Å². The van der Waals surface area contributed by atoms with Gasteiger partial charge in [-0.1, -0.05) is 30.3 Å². The van der Waals surface area contributed by atoms with Crippen LogP contribution >= 0.6 is 0 Å². The van der Waals surface area contributed by atoms with E-state index in [0.29, 0.717) is 6.54 Å². The molecule has 1 N–H and O–H groups in total. The summed E-state index contributed by atoms with van der Waals surface area (Å²) in [6.07, 6.45) is 0. The predicted octanol–water partition coefficient (Wildman–Crippen LogP) is 2.70. The molecule has 0 aliphatic carbocycles. The first-order chi connectivity index (χ1) is 10.2. The standard InChI is InChI=1S/C16H12FN3O/c17-13-7-5-11(6-8-13)10-18-16(21)15-9-12-3-1-2-4-14(12)19-20-15/h1-9H,10H2,(H,18,21). The topological polar surface area (TPSA) is 54.9 Å². The highest BCUT2D eigenvalue weighted by atomic mass is 19.1. The van der Waals surface area contributed by atoms with Crippen LogP contribution in [0.1, 0.15) is 16.1 Å². The Morgan fingerprint density at radius 3 is 2.62 bits per heavy atom. The SMILES string of the molecule is O=C(NCc1ccc(F)cc1)c1cc2ccccc2nn1. The van der Waals surface area contributed by atoms with Crippen molar-refractivity contribution in [3.63, 3.8) is 0 Å². The highest BCUT2D eigenvalue weighted by Gasteiger charge is 2.08. The minimum atomic E-state index is -0.308. The molecule has 0 saturated carbocycles. The predicted molar refractivity (Wildman–Crippen MR) is 77.1 cm³/mol. The molecule has 0 saturated heterocycles. The van der Waals surface area contributed by atoms with Crippen LogP contribution in [-0.4, -0.2) is 16.1 Å². The monoisotopic (exact) mass is 281 g/mol. The molecule has 1 heterocycles. The maximum atomic E-state index is 12.8. The first-order valence-corrected chi connectivity index (χ1v) is 6.47. The summed E-state index contributed by atoms with van der Waals surface area (Å²) in [5.74, 6) is -0.608. The lowest BCUT2D eigenvalue weighted by molar-refractivity contribution is 0.0945. The first-order valence-electron chi connectivity index (χ1n) is 6.47. The zero-order chi connectivity index (χ0) is 14.7. The van der Waals surface area contributed by atoms with Gasteiger partial charge in [0.1, 0.15) is 5.82 Å². The van der Waals surface area contributed by atoms with Crippen LogP contribution in [0, 0.1) is 5.82 Å². The number of carbonyl (C=O) groups is 1.